The van der Waals surface area contributed by atoms with Gasteiger partial charge >= 0.3 is 11.9 Å². The summed E-state index contributed by atoms with van der Waals surface area (Å²) in [5.74, 6) is -1.71. The number of nitrogens with one attached hydrogen (secondary N) is 1. The van der Waals surface area contributed by atoms with Crippen LogP contribution in [0.5, 0.6) is 0 Å². The molecule has 5 rings (SSSR count). The van der Waals surface area contributed by atoms with Crippen molar-refractivity contribution in [1.29, 1.82) is 0 Å². The zero-order chi connectivity index (χ0) is 27.7. The number of hydrogen-bond donors (Lipinski definition) is 2. The van der Waals surface area contributed by atoms with Crippen LogP contribution in [0.1, 0.15) is 49.2 Å². The molecule has 0 amide bonds. The van der Waals surface area contributed by atoms with E-state index in [-0.39, 0.29) is 38.5 Å². The average Bonchev–Trinajstić information content (AvgIpc) is 3.42. The van der Waals surface area contributed by atoms with Gasteiger partial charge < -0.3 is 15.2 Å². The van der Waals surface area contributed by atoms with Gasteiger partial charge in [0.15, 0.2) is 10.8 Å². The zero-order valence-corrected chi connectivity index (χ0v) is 23.6. The molecule has 2 N–H and O–H groups in total. The fourth-order valence-corrected chi connectivity index (χ4v) is 8.23. The molecule has 13 heteroatoms. The minimum absolute atomic E-state index is 0.143. The van der Waals surface area contributed by atoms with Gasteiger partial charge in [0.25, 0.3) is 0 Å². The van der Waals surface area contributed by atoms with Crippen LogP contribution >= 0.6 is 22.9 Å². The normalized spacial score (nSPS) is 24.5. The van der Waals surface area contributed by atoms with E-state index in [1.807, 2.05) is 23.6 Å². The van der Waals surface area contributed by atoms with Crippen LogP contribution in [0, 0.1) is 11.8 Å². The largest absolute Gasteiger partial charge is 0.481 e. The molecule has 3 heterocycles. The van der Waals surface area contributed by atoms with Crippen LogP contribution in [0.4, 0.5) is 0 Å². The number of ether oxygens (including phenoxy) is 1. The number of aliphatic carboxylic acids is 1. The van der Waals surface area contributed by atoms with Gasteiger partial charge in [-0.15, -0.1) is 11.3 Å². The molecule has 1 aromatic heterocycles. The molecule has 3 aliphatic rings. The summed E-state index contributed by atoms with van der Waals surface area (Å²) in [5.41, 5.74) is 1.66. The van der Waals surface area contributed by atoms with E-state index in [1.54, 1.807) is 19.2 Å². The minimum atomic E-state index is -3.60. The lowest BCUT2D eigenvalue weighted by atomic mass is 9.85. The third kappa shape index (κ3) is 5.47. The van der Waals surface area contributed by atoms with Gasteiger partial charge in [-0.25, -0.2) is 22.5 Å². The SMILES string of the molecule is CCOC(=O)C1=C(C2CCN(S(=O)(=O)[C@H]3C[C@H](C(=O)O)C3)CC2)NC(c2nccs2)=NC1c1ccccc1Cl. The summed E-state index contributed by atoms with van der Waals surface area (Å²) in [4.78, 5) is 33.8. The van der Waals surface area contributed by atoms with Gasteiger partial charge in [-0.3, -0.25) is 9.79 Å². The molecular weight excluding hydrogens is 564 g/mol. The molecule has 0 spiro atoms. The number of esters is 1. The molecule has 1 saturated carbocycles. The summed E-state index contributed by atoms with van der Waals surface area (Å²) < 4.78 is 33.2. The number of benzene rings is 1. The van der Waals surface area contributed by atoms with Gasteiger partial charge in [0.2, 0.25) is 10.0 Å². The van der Waals surface area contributed by atoms with Gasteiger partial charge in [0.1, 0.15) is 6.04 Å². The Bertz CT molecular complexity index is 1410. The predicted molar refractivity (Wildman–Crippen MR) is 147 cm³/mol. The Labute approximate surface area is 235 Å². The molecule has 2 aliphatic heterocycles. The number of carbonyl (C=O) groups excluding carboxylic acids is 1. The minimum Gasteiger partial charge on any atom is -0.481 e. The van der Waals surface area contributed by atoms with Crippen molar-refractivity contribution < 1.29 is 27.9 Å². The van der Waals surface area contributed by atoms with E-state index in [1.165, 1.54) is 15.6 Å². The highest BCUT2D eigenvalue weighted by Gasteiger charge is 2.46. The number of aliphatic imine (C=N–C) groups is 1. The molecule has 208 valence electrons. The summed E-state index contributed by atoms with van der Waals surface area (Å²) in [5, 5.41) is 14.8. The smallest absolute Gasteiger partial charge is 0.338 e. The average molecular weight is 593 g/mol. The molecule has 0 radical (unpaired) electrons. The molecule has 0 bridgehead atoms. The van der Waals surface area contributed by atoms with Crippen molar-refractivity contribution in [2.45, 2.75) is 43.9 Å². The van der Waals surface area contributed by atoms with Gasteiger partial charge in [-0.2, -0.15) is 0 Å². The number of hydrogen-bond acceptors (Lipinski definition) is 9. The molecule has 1 aliphatic carbocycles. The van der Waals surface area contributed by atoms with Crippen LogP contribution in [-0.4, -0.2) is 65.5 Å². The van der Waals surface area contributed by atoms with Gasteiger partial charge in [-0.1, -0.05) is 29.8 Å². The zero-order valence-electron chi connectivity index (χ0n) is 21.2. The predicted octanol–water partition coefficient (Wildman–Crippen LogP) is 3.61. The van der Waals surface area contributed by atoms with Crippen LogP contribution in [0.2, 0.25) is 5.02 Å². The van der Waals surface area contributed by atoms with Crippen LogP contribution in [0.3, 0.4) is 0 Å². The second kappa shape index (κ2) is 11.4. The second-order valence-electron chi connectivity index (χ2n) is 9.76. The van der Waals surface area contributed by atoms with E-state index >= 15 is 0 Å². The van der Waals surface area contributed by atoms with E-state index in [4.69, 9.17) is 26.4 Å². The maximum Gasteiger partial charge on any atom is 0.338 e. The Morgan fingerprint density at radius 1 is 1.23 bits per heavy atom. The molecule has 1 saturated heterocycles. The number of nitrogens with zero attached hydrogens (tertiary/aromatic N) is 3. The highest BCUT2D eigenvalue weighted by Crippen LogP contribution is 2.41. The first kappa shape index (κ1) is 27.8. The second-order valence-corrected chi connectivity index (χ2v) is 13.3. The fraction of sp³-hybridized carbons (Fsp3) is 0.462. The Hall–Kier alpha value is -2.80. The number of rotatable bonds is 8. The lowest BCUT2D eigenvalue weighted by Crippen LogP contribution is -2.50. The standard InChI is InChI=1S/C26H29ClN4O6S2/c1-2-37-26(34)20-21(15-7-10-31(11-8-15)39(35,36)17-13-16(14-17)25(32)33)29-23(24-28-9-12-38-24)30-22(20)18-5-3-4-6-19(18)27/h3-6,9,12,15-17,22H,2,7-8,10-11,13-14H2,1H3,(H,29,30)(H,32,33)/t16-,17-,22?. The molecule has 1 unspecified atom stereocenters. The summed E-state index contributed by atoms with van der Waals surface area (Å²) in [6.45, 7) is 2.46. The fourth-order valence-electron chi connectivity index (χ4n) is 5.31. The first-order valence-corrected chi connectivity index (χ1v) is 15.6. The van der Waals surface area contributed by atoms with E-state index < -0.39 is 39.2 Å². The molecule has 2 fully saturated rings. The van der Waals surface area contributed by atoms with Crippen LogP contribution in [-0.2, 0) is 24.3 Å². The number of sulfonamides is 1. The maximum atomic E-state index is 13.4. The van der Waals surface area contributed by atoms with E-state index in [0.717, 1.165) is 0 Å². The van der Waals surface area contributed by atoms with Crippen molar-refractivity contribution in [1.82, 2.24) is 14.6 Å². The van der Waals surface area contributed by atoms with Crippen LogP contribution < -0.4 is 5.32 Å². The van der Waals surface area contributed by atoms with Crippen LogP contribution in [0.15, 0.2) is 52.1 Å². The van der Waals surface area contributed by atoms with E-state index in [9.17, 15) is 18.0 Å². The van der Waals surface area contributed by atoms with Crippen molar-refractivity contribution in [2.75, 3.05) is 19.7 Å². The molecule has 1 atom stereocenters. The Kier molecular flexibility index (Phi) is 8.08. The number of carboxylic acid groups (broad SMARTS) is 1. The summed E-state index contributed by atoms with van der Waals surface area (Å²) in [6, 6.07) is 6.50. The third-order valence-electron chi connectivity index (χ3n) is 7.49. The topological polar surface area (TPSA) is 138 Å². The van der Waals surface area contributed by atoms with Gasteiger partial charge in [-0.05, 0) is 38.7 Å². The monoisotopic (exact) mass is 592 g/mol. The number of piperidine rings is 1. The van der Waals surface area contributed by atoms with Crippen molar-refractivity contribution in [3.63, 3.8) is 0 Å². The van der Waals surface area contributed by atoms with E-state index in [2.05, 4.69) is 10.3 Å². The van der Waals surface area contributed by atoms with Gasteiger partial charge in [0, 0.05) is 46.9 Å². The van der Waals surface area contributed by atoms with Gasteiger partial charge in [0.05, 0.1) is 23.3 Å². The molecule has 10 nitrogen and oxygen atoms in total. The molecule has 39 heavy (non-hydrogen) atoms. The number of allylic oxidation sites excluding steroid dienone is 1. The number of thiazole rings is 1. The van der Waals surface area contributed by atoms with Crippen molar-refractivity contribution in [2.24, 2.45) is 16.8 Å². The third-order valence-corrected chi connectivity index (χ3v) is 10.9. The first-order chi connectivity index (χ1) is 18.7. The number of halogens is 1. The Balaban J connectivity index is 1.46. The van der Waals surface area contributed by atoms with Crippen molar-refractivity contribution in [3.05, 3.63) is 62.7 Å². The highest BCUT2D eigenvalue weighted by atomic mass is 35.5. The first-order valence-electron chi connectivity index (χ1n) is 12.8. The number of amidine groups is 1. The molecule has 1 aromatic carbocycles. The number of carboxylic acids is 1. The molecule has 2 aromatic rings. The Morgan fingerprint density at radius 3 is 2.56 bits per heavy atom. The number of aromatic nitrogens is 1. The van der Waals surface area contributed by atoms with Crippen molar-refractivity contribution in [3.8, 4) is 0 Å². The Morgan fingerprint density at radius 2 is 1.95 bits per heavy atom. The van der Waals surface area contributed by atoms with Crippen molar-refractivity contribution >= 4 is 50.7 Å². The molecular formula is C26H29ClN4O6S2. The van der Waals surface area contributed by atoms with Crippen LogP contribution in [0.25, 0.3) is 0 Å². The lowest BCUT2D eigenvalue weighted by molar-refractivity contribution is -0.144. The summed E-state index contributed by atoms with van der Waals surface area (Å²) >= 11 is 7.98. The quantitative estimate of drug-likeness (QED) is 0.443. The lowest BCUT2D eigenvalue weighted by Gasteiger charge is -2.40. The highest BCUT2D eigenvalue weighted by molar-refractivity contribution is 7.89. The summed E-state index contributed by atoms with van der Waals surface area (Å²) in [7, 11) is -3.60. The maximum absolute atomic E-state index is 13.4. The summed E-state index contributed by atoms with van der Waals surface area (Å²) in [6.07, 6.45) is 2.91. The van der Waals surface area contributed by atoms with E-state index in [0.29, 0.717) is 45.5 Å². The number of carbonyl (C=O) groups is 2.